The molecule has 8 heteroatoms. The molecule has 0 saturated heterocycles. The standard InChI is InChI=1S/C12H9N3OS.C9H11NO2/c16-4-3-12-15-10-2-1-8(5-11(10)17-12)9-6-13-14-7-9;1-10-6-7-3-2-4-8(5-7)9(11)12/h1-2,4-7H,3H2,(H,13,14);2-5,10H,6H2,1H3,(H,11,12). The first-order chi connectivity index (χ1) is 14.1. The van der Waals surface area contributed by atoms with Crippen molar-refractivity contribution in [3.63, 3.8) is 0 Å². The molecule has 7 nitrogen and oxygen atoms in total. The van der Waals surface area contributed by atoms with Gasteiger partial charge < -0.3 is 15.2 Å². The fraction of sp³-hybridized carbons (Fsp3) is 0.143. The summed E-state index contributed by atoms with van der Waals surface area (Å²) in [6, 6.07) is 13.0. The van der Waals surface area contributed by atoms with Gasteiger partial charge in [-0.15, -0.1) is 11.3 Å². The van der Waals surface area contributed by atoms with Gasteiger partial charge in [0.15, 0.2) is 0 Å². The van der Waals surface area contributed by atoms with Crippen molar-refractivity contribution in [3.8, 4) is 11.1 Å². The number of benzene rings is 2. The van der Waals surface area contributed by atoms with Gasteiger partial charge in [0.2, 0.25) is 0 Å². The van der Waals surface area contributed by atoms with Gasteiger partial charge in [-0.2, -0.15) is 5.10 Å². The van der Waals surface area contributed by atoms with Gasteiger partial charge in [0.1, 0.15) is 11.3 Å². The number of rotatable bonds is 6. The zero-order valence-corrected chi connectivity index (χ0v) is 16.6. The average Bonchev–Trinajstić information content (AvgIpc) is 3.38. The first kappa shape index (κ1) is 20.4. The topological polar surface area (TPSA) is 108 Å². The fourth-order valence-electron chi connectivity index (χ4n) is 2.74. The Kier molecular flexibility index (Phi) is 6.83. The van der Waals surface area contributed by atoms with Gasteiger partial charge in [0.25, 0.3) is 0 Å². The van der Waals surface area contributed by atoms with Crippen LogP contribution in [-0.4, -0.2) is 39.6 Å². The molecule has 2 aromatic heterocycles. The molecule has 0 radical (unpaired) electrons. The third kappa shape index (κ3) is 5.34. The molecule has 0 amide bonds. The van der Waals surface area contributed by atoms with Crippen LogP contribution in [0.1, 0.15) is 20.9 Å². The summed E-state index contributed by atoms with van der Waals surface area (Å²) >= 11 is 1.56. The van der Waals surface area contributed by atoms with Crippen molar-refractivity contribution in [2.24, 2.45) is 0 Å². The summed E-state index contributed by atoms with van der Waals surface area (Å²) in [5.74, 6) is -0.882. The predicted octanol–water partition coefficient (Wildman–Crippen LogP) is 3.53. The molecule has 2 heterocycles. The van der Waals surface area contributed by atoms with Crippen LogP contribution < -0.4 is 5.32 Å². The van der Waals surface area contributed by atoms with Gasteiger partial charge >= 0.3 is 5.97 Å². The van der Waals surface area contributed by atoms with Gasteiger partial charge in [-0.05, 0) is 42.4 Å². The Morgan fingerprint density at radius 2 is 2.10 bits per heavy atom. The minimum Gasteiger partial charge on any atom is -0.478 e. The Hall–Kier alpha value is -3.36. The van der Waals surface area contributed by atoms with Crippen molar-refractivity contribution in [2.45, 2.75) is 13.0 Å². The number of thiazole rings is 1. The zero-order valence-electron chi connectivity index (χ0n) is 15.8. The molecule has 4 rings (SSSR count). The number of aromatic nitrogens is 3. The minimum atomic E-state index is -0.882. The molecule has 0 spiro atoms. The smallest absolute Gasteiger partial charge is 0.335 e. The molecule has 4 aromatic rings. The summed E-state index contributed by atoms with van der Waals surface area (Å²) in [6.07, 6.45) is 4.91. The number of hydrogen-bond donors (Lipinski definition) is 3. The highest BCUT2D eigenvalue weighted by Gasteiger charge is 2.06. The van der Waals surface area contributed by atoms with E-state index in [4.69, 9.17) is 5.11 Å². The van der Waals surface area contributed by atoms with E-state index in [0.717, 1.165) is 38.2 Å². The molecule has 0 bridgehead atoms. The van der Waals surface area contributed by atoms with E-state index in [0.29, 0.717) is 18.5 Å². The molecule has 0 aliphatic heterocycles. The lowest BCUT2D eigenvalue weighted by Gasteiger charge is -2.00. The molecule has 29 heavy (non-hydrogen) atoms. The first-order valence-electron chi connectivity index (χ1n) is 8.90. The highest BCUT2D eigenvalue weighted by atomic mass is 32.1. The molecule has 148 valence electrons. The molecule has 0 aliphatic carbocycles. The maximum Gasteiger partial charge on any atom is 0.335 e. The molecular weight excluding hydrogens is 388 g/mol. The van der Waals surface area contributed by atoms with Crippen molar-refractivity contribution in [3.05, 3.63) is 71.0 Å². The number of carbonyl (C=O) groups is 2. The van der Waals surface area contributed by atoms with Gasteiger partial charge in [0, 0.05) is 18.3 Å². The molecule has 3 N–H and O–H groups in total. The summed E-state index contributed by atoms with van der Waals surface area (Å²) in [5, 5.41) is 19.2. The number of aldehydes is 1. The second-order valence-corrected chi connectivity index (χ2v) is 7.30. The number of H-pyrrole nitrogens is 1. The normalized spacial score (nSPS) is 10.4. The number of fused-ring (bicyclic) bond motifs is 1. The average molecular weight is 408 g/mol. The van der Waals surface area contributed by atoms with Crippen LogP contribution in [0.15, 0.2) is 54.9 Å². The van der Waals surface area contributed by atoms with Crippen LogP contribution in [0.25, 0.3) is 21.3 Å². The number of carbonyl (C=O) groups excluding carboxylic acids is 1. The van der Waals surface area contributed by atoms with Crippen LogP contribution in [0, 0.1) is 0 Å². The lowest BCUT2D eigenvalue weighted by molar-refractivity contribution is -0.107. The van der Waals surface area contributed by atoms with E-state index < -0.39 is 5.97 Å². The number of nitrogens with zero attached hydrogens (tertiary/aromatic N) is 2. The van der Waals surface area contributed by atoms with Crippen LogP contribution >= 0.6 is 11.3 Å². The van der Waals surface area contributed by atoms with Crippen LogP contribution in [0.3, 0.4) is 0 Å². The minimum absolute atomic E-state index is 0.336. The Morgan fingerprint density at radius 3 is 2.79 bits per heavy atom. The molecule has 0 unspecified atom stereocenters. The highest BCUT2D eigenvalue weighted by Crippen LogP contribution is 2.27. The van der Waals surface area contributed by atoms with Gasteiger partial charge in [-0.25, -0.2) is 9.78 Å². The van der Waals surface area contributed by atoms with E-state index in [1.807, 2.05) is 31.4 Å². The third-order valence-electron chi connectivity index (χ3n) is 4.08. The molecule has 0 saturated carbocycles. The zero-order chi connectivity index (χ0) is 20.6. The Morgan fingerprint density at radius 1 is 1.24 bits per heavy atom. The monoisotopic (exact) mass is 408 g/mol. The Balaban J connectivity index is 0.000000177. The lowest BCUT2D eigenvalue weighted by atomic mass is 10.1. The van der Waals surface area contributed by atoms with Crippen LogP contribution in [0.5, 0.6) is 0 Å². The SMILES string of the molecule is CNCc1cccc(C(=O)O)c1.O=CCc1nc2ccc(-c3cn[nH]c3)cc2s1. The van der Waals surface area contributed by atoms with E-state index >= 15 is 0 Å². The van der Waals surface area contributed by atoms with Crippen molar-refractivity contribution in [1.29, 1.82) is 0 Å². The summed E-state index contributed by atoms with van der Waals surface area (Å²) in [7, 11) is 1.83. The maximum atomic E-state index is 10.5. The number of aromatic carboxylic acids is 1. The molecule has 0 aliphatic rings. The van der Waals surface area contributed by atoms with Crippen molar-refractivity contribution in [2.75, 3.05) is 7.05 Å². The van der Waals surface area contributed by atoms with E-state index in [-0.39, 0.29) is 0 Å². The summed E-state index contributed by atoms with van der Waals surface area (Å²) in [4.78, 5) is 25.4. The van der Waals surface area contributed by atoms with Gasteiger partial charge in [-0.1, -0.05) is 18.2 Å². The predicted molar refractivity (Wildman–Crippen MR) is 113 cm³/mol. The molecule has 0 fully saturated rings. The second-order valence-electron chi connectivity index (χ2n) is 6.18. The van der Waals surface area contributed by atoms with Gasteiger partial charge in [0.05, 0.1) is 28.4 Å². The molecule has 0 atom stereocenters. The van der Waals surface area contributed by atoms with E-state index in [1.54, 1.807) is 35.7 Å². The Labute approximate surface area is 171 Å². The Bertz CT molecular complexity index is 1110. The molecule has 2 aromatic carbocycles. The van der Waals surface area contributed by atoms with E-state index in [1.165, 1.54) is 0 Å². The van der Waals surface area contributed by atoms with Crippen LogP contribution in [0.2, 0.25) is 0 Å². The molecular formula is C21H20N4O3S. The lowest BCUT2D eigenvalue weighted by Crippen LogP contribution is -2.06. The number of carboxylic acids is 1. The van der Waals surface area contributed by atoms with E-state index in [9.17, 15) is 9.59 Å². The highest BCUT2D eigenvalue weighted by molar-refractivity contribution is 7.18. The summed E-state index contributed by atoms with van der Waals surface area (Å²) in [5.41, 5.74) is 4.42. The number of carboxylic acid groups (broad SMARTS) is 1. The quantitative estimate of drug-likeness (QED) is 0.421. The fourth-order valence-corrected chi connectivity index (χ4v) is 3.69. The number of aromatic amines is 1. The van der Waals surface area contributed by atoms with Crippen LogP contribution in [0.4, 0.5) is 0 Å². The number of hydrogen-bond acceptors (Lipinski definition) is 6. The second kappa shape index (κ2) is 9.72. The van der Waals surface area contributed by atoms with E-state index in [2.05, 4.69) is 26.6 Å². The summed E-state index contributed by atoms with van der Waals surface area (Å²) in [6.45, 7) is 0.696. The van der Waals surface area contributed by atoms with Crippen molar-refractivity contribution >= 4 is 33.8 Å². The largest absolute Gasteiger partial charge is 0.478 e. The first-order valence-corrected chi connectivity index (χ1v) is 9.71. The van der Waals surface area contributed by atoms with Crippen molar-refractivity contribution in [1.82, 2.24) is 20.5 Å². The van der Waals surface area contributed by atoms with Crippen molar-refractivity contribution < 1.29 is 14.7 Å². The summed E-state index contributed by atoms with van der Waals surface area (Å²) < 4.78 is 1.10. The third-order valence-corrected chi connectivity index (χ3v) is 5.12. The maximum absolute atomic E-state index is 10.5. The van der Waals surface area contributed by atoms with Gasteiger partial charge in [-0.3, -0.25) is 5.10 Å². The van der Waals surface area contributed by atoms with Crippen LogP contribution in [-0.2, 0) is 17.8 Å². The number of nitrogens with one attached hydrogen (secondary N) is 2.